The van der Waals surface area contributed by atoms with Crippen LogP contribution in [0.15, 0.2) is 30.3 Å². The molecule has 2 aromatic rings. The van der Waals surface area contributed by atoms with Crippen molar-refractivity contribution in [1.82, 2.24) is 19.7 Å². The fraction of sp³-hybridized carbons (Fsp3) is 0.600. The lowest BCUT2D eigenvalue weighted by Gasteiger charge is -2.32. The molecule has 4 rings (SSSR count). The van der Waals surface area contributed by atoms with Crippen molar-refractivity contribution in [2.75, 3.05) is 19.7 Å². The van der Waals surface area contributed by atoms with Crippen LogP contribution in [0.2, 0.25) is 0 Å². The van der Waals surface area contributed by atoms with Crippen molar-refractivity contribution in [2.24, 2.45) is 0 Å². The Hall–Kier alpha value is -1.72. The van der Waals surface area contributed by atoms with Crippen LogP contribution >= 0.6 is 0 Å². The molecular formula is C20H28N4O. The summed E-state index contributed by atoms with van der Waals surface area (Å²) in [6.45, 7) is 4.79. The molecule has 3 heterocycles. The number of fused-ring (bicyclic) bond motifs is 1. The number of aromatic nitrogens is 3. The van der Waals surface area contributed by atoms with E-state index in [0.29, 0.717) is 6.10 Å². The summed E-state index contributed by atoms with van der Waals surface area (Å²) >= 11 is 0. The van der Waals surface area contributed by atoms with Crippen molar-refractivity contribution in [3.05, 3.63) is 47.5 Å². The van der Waals surface area contributed by atoms with Gasteiger partial charge in [0, 0.05) is 26.1 Å². The highest BCUT2D eigenvalue weighted by molar-refractivity contribution is 5.14. The summed E-state index contributed by atoms with van der Waals surface area (Å²) in [7, 11) is 0. The molecule has 0 N–H and O–H groups in total. The molecule has 0 radical (unpaired) electrons. The van der Waals surface area contributed by atoms with Crippen LogP contribution in [0.25, 0.3) is 0 Å². The van der Waals surface area contributed by atoms with E-state index >= 15 is 0 Å². The van der Waals surface area contributed by atoms with E-state index in [1.807, 2.05) is 0 Å². The highest BCUT2D eigenvalue weighted by Gasteiger charge is 2.23. The van der Waals surface area contributed by atoms with Crippen LogP contribution in [-0.2, 0) is 30.7 Å². The second-order valence-electron chi connectivity index (χ2n) is 7.25. The molecule has 1 aromatic heterocycles. The van der Waals surface area contributed by atoms with Crippen LogP contribution in [0, 0.1) is 0 Å². The lowest BCUT2D eigenvalue weighted by atomic mass is 10.1. The molecule has 0 amide bonds. The Morgan fingerprint density at radius 1 is 1.04 bits per heavy atom. The van der Waals surface area contributed by atoms with Crippen LogP contribution in [0.1, 0.15) is 42.9 Å². The van der Waals surface area contributed by atoms with Gasteiger partial charge in [-0.3, -0.25) is 4.90 Å². The lowest BCUT2D eigenvalue weighted by Crippen LogP contribution is -2.42. The van der Waals surface area contributed by atoms with Gasteiger partial charge in [-0.1, -0.05) is 36.8 Å². The smallest absolute Gasteiger partial charge is 0.147 e. The molecule has 0 bridgehead atoms. The van der Waals surface area contributed by atoms with Crippen LogP contribution in [0.3, 0.4) is 0 Å². The largest absolute Gasteiger partial charge is 0.376 e. The molecule has 134 valence electrons. The van der Waals surface area contributed by atoms with Crippen molar-refractivity contribution in [3.63, 3.8) is 0 Å². The Kier molecular flexibility index (Phi) is 5.43. The molecule has 5 nitrogen and oxygen atoms in total. The fourth-order valence-electron chi connectivity index (χ4n) is 3.93. The van der Waals surface area contributed by atoms with Gasteiger partial charge in [0.2, 0.25) is 0 Å². The molecule has 1 fully saturated rings. The van der Waals surface area contributed by atoms with Crippen molar-refractivity contribution in [2.45, 2.75) is 57.7 Å². The lowest BCUT2D eigenvalue weighted by molar-refractivity contribution is -0.0356. The number of benzene rings is 1. The molecule has 1 atom stereocenters. The van der Waals surface area contributed by atoms with Gasteiger partial charge < -0.3 is 9.30 Å². The van der Waals surface area contributed by atoms with Crippen LogP contribution < -0.4 is 0 Å². The zero-order valence-electron chi connectivity index (χ0n) is 14.9. The fourth-order valence-corrected chi connectivity index (χ4v) is 3.93. The Bertz CT molecular complexity index is 670. The predicted octanol–water partition coefficient (Wildman–Crippen LogP) is 2.84. The summed E-state index contributed by atoms with van der Waals surface area (Å²) in [6.07, 6.45) is 7.37. The van der Waals surface area contributed by atoms with Gasteiger partial charge in [-0.05, 0) is 31.2 Å². The maximum Gasteiger partial charge on any atom is 0.147 e. The average Bonchev–Trinajstić information content (AvgIpc) is 2.88. The van der Waals surface area contributed by atoms with Crippen LogP contribution in [-0.4, -0.2) is 45.5 Å². The monoisotopic (exact) mass is 340 g/mol. The predicted molar refractivity (Wildman–Crippen MR) is 97.4 cm³/mol. The van der Waals surface area contributed by atoms with E-state index in [-0.39, 0.29) is 0 Å². The zero-order valence-corrected chi connectivity index (χ0v) is 14.9. The number of ether oxygens (including phenoxy) is 1. The highest BCUT2D eigenvalue weighted by Crippen LogP contribution is 2.18. The van der Waals surface area contributed by atoms with Gasteiger partial charge in [0.1, 0.15) is 11.6 Å². The van der Waals surface area contributed by atoms with Gasteiger partial charge >= 0.3 is 0 Å². The number of nitrogens with zero attached hydrogens (tertiary/aromatic N) is 4. The molecule has 0 aliphatic carbocycles. The average molecular weight is 340 g/mol. The highest BCUT2D eigenvalue weighted by atomic mass is 16.5. The third-order valence-corrected chi connectivity index (χ3v) is 5.37. The first-order valence-corrected chi connectivity index (χ1v) is 9.67. The second-order valence-corrected chi connectivity index (χ2v) is 7.25. The summed E-state index contributed by atoms with van der Waals surface area (Å²) in [4.78, 5) is 2.49. The Morgan fingerprint density at radius 3 is 2.88 bits per heavy atom. The van der Waals surface area contributed by atoms with Crippen molar-refractivity contribution >= 4 is 0 Å². The normalized spacial score (nSPS) is 21.7. The Labute approximate surface area is 150 Å². The third-order valence-electron chi connectivity index (χ3n) is 5.37. The van der Waals surface area contributed by atoms with Gasteiger partial charge in [-0.2, -0.15) is 0 Å². The number of hydrogen-bond acceptors (Lipinski definition) is 4. The molecule has 25 heavy (non-hydrogen) atoms. The maximum atomic E-state index is 6.00. The molecule has 0 spiro atoms. The molecule has 2 aliphatic heterocycles. The first kappa shape index (κ1) is 16.7. The minimum Gasteiger partial charge on any atom is -0.376 e. The minimum atomic E-state index is 0.320. The van der Waals surface area contributed by atoms with Crippen molar-refractivity contribution < 1.29 is 4.74 Å². The second kappa shape index (κ2) is 8.11. The molecule has 2 aliphatic rings. The molecule has 1 aromatic carbocycles. The SMILES string of the molecule is c1ccc(CCC2CN(Cc3nnc4n3CCCCC4)CCO2)cc1. The minimum absolute atomic E-state index is 0.320. The van der Waals surface area contributed by atoms with Gasteiger partial charge in [-0.15, -0.1) is 10.2 Å². The standard InChI is InChI=1S/C20H28N4O/c1-3-7-17(8-4-1)10-11-18-15-23(13-14-25-18)16-20-22-21-19-9-5-2-6-12-24(19)20/h1,3-4,7-8,18H,2,5-6,9-16H2. The number of aryl methyl sites for hydroxylation is 2. The maximum absolute atomic E-state index is 6.00. The van der Waals surface area contributed by atoms with Gasteiger partial charge in [-0.25, -0.2) is 0 Å². The van der Waals surface area contributed by atoms with Gasteiger partial charge in [0.25, 0.3) is 0 Å². The topological polar surface area (TPSA) is 43.2 Å². The van der Waals surface area contributed by atoms with E-state index in [1.165, 1.54) is 30.7 Å². The number of rotatable bonds is 5. The van der Waals surface area contributed by atoms with E-state index in [4.69, 9.17) is 4.74 Å². The first-order valence-electron chi connectivity index (χ1n) is 9.67. The van der Waals surface area contributed by atoms with Crippen LogP contribution in [0.4, 0.5) is 0 Å². The Balaban J connectivity index is 1.33. The quantitative estimate of drug-likeness (QED) is 0.839. The van der Waals surface area contributed by atoms with Gasteiger partial charge in [0.05, 0.1) is 19.3 Å². The summed E-state index contributed by atoms with van der Waals surface area (Å²) in [5, 5.41) is 8.91. The molecule has 5 heteroatoms. The first-order chi connectivity index (χ1) is 12.4. The summed E-state index contributed by atoms with van der Waals surface area (Å²) in [5.74, 6) is 2.32. The van der Waals surface area contributed by atoms with E-state index in [9.17, 15) is 0 Å². The van der Waals surface area contributed by atoms with E-state index in [1.54, 1.807) is 0 Å². The Morgan fingerprint density at radius 2 is 1.96 bits per heavy atom. The molecular weight excluding hydrogens is 312 g/mol. The van der Waals surface area contributed by atoms with Crippen LogP contribution in [0.5, 0.6) is 0 Å². The van der Waals surface area contributed by atoms with Crippen molar-refractivity contribution in [1.29, 1.82) is 0 Å². The summed E-state index contributed by atoms with van der Waals surface area (Å²) < 4.78 is 8.36. The van der Waals surface area contributed by atoms with Crippen molar-refractivity contribution in [3.8, 4) is 0 Å². The summed E-state index contributed by atoms with van der Waals surface area (Å²) in [5.41, 5.74) is 1.39. The zero-order chi connectivity index (χ0) is 16.9. The van der Waals surface area contributed by atoms with E-state index < -0.39 is 0 Å². The van der Waals surface area contributed by atoms with Gasteiger partial charge in [0.15, 0.2) is 0 Å². The number of hydrogen-bond donors (Lipinski definition) is 0. The molecule has 1 unspecified atom stereocenters. The number of morpholine rings is 1. The van der Waals surface area contributed by atoms with E-state index in [0.717, 1.165) is 57.9 Å². The summed E-state index contributed by atoms with van der Waals surface area (Å²) in [6, 6.07) is 10.7. The third kappa shape index (κ3) is 4.28. The molecule has 0 saturated carbocycles. The molecule has 1 saturated heterocycles. The van der Waals surface area contributed by atoms with E-state index in [2.05, 4.69) is 50.0 Å².